The Kier molecular flexibility index (Phi) is 3.17. The number of nitrogens with zero attached hydrogens (tertiary/aromatic N) is 2. The molecule has 102 valence electrons. The third kappa shape index (κ3) is 2.19. The number of nitro benzene ring substituents is 1. The van der Waals surface area contributed by atoms with Crippen molar-refractivity contribution in [2.75, 3.05) is 0 Å². The van der Waals surface area contributed by atoms with E-state index in [1.54, 1.807) is 0 Å². The van der Waals surface area contributed by atoms with Gasteiger partial charge in [0.2, 0.25) is 5.75 Å². The van der Waals surface area contributed by atoms with Gasteiger partial charge in [-0.3, -0.25) is 14.9 Å². The Bertz CT molecular complexity index is 767. The van der Waals surface area contributed by atoms with Crippen molar-refractivity contribution in [2.24, 2.45) is 0 Å². The molecule has 2 aromatic rings. The highest BCUT2D eigenvalue weighted by atomic mass is 16.6. The minimum Gasteiger partial charge on any atom is -0.501 e. The van der Waals surface area contributed by atoms with Crippen molar-refractivity contribution in [3.8, 4) is 17.1 Å². The Hall–Kier alpha value is -3.23. The molecule has 0 aliphatic carbocycles. The monoisotopic (exact) mass is 277 g/mol. The average Bonchev–Trinajstić information content (AvgIpc) is 2.41. The zero-order valence-corrected chi connectivity index (χ0v) is 9.73. The molecule has 0 fully saturated rings. The molecule has 1 aromatic heterocycles. The molecule has 2 rings (SSSR count). The third-order valence-electron chi connectivity index (χ3n) is 2.45. The van der Waals surface area contributed by atoms with Crippen LogP contribution in [0.5, 0.6) is 5.75 Å². The molecule has 0 aliphatic rings. The van der Waals surface area contributed by atoms with Crippen LogP contribution in [0.1, 0.15) is 10.5 Å². The Morgan fingerprint density at radius 1 is 1.35 bits per heavy atom. The van der Waals surface area contributed by atoms with Crippen LogP contribution >= 0.6 is 0 Å². The molecule has 0 unspecified atom stereocenters. The maximum Gasteiger partial charge on any atom is 0.358 e. The van der Waals surface area contributed by atoms with Crippen LogP contribution in [0.15, 0.2) is 29.1 Å². The maximum atomic E-state index is 11.4. The van der Waals surface area contributed by atoms with Crippen LogP contribution in [0.3, 0.4) is 0 Å². The quantitative estimate of drug-likeness (QED) is 0.553. The zero-order valence-electron chi connectivity index (χ0n) is 9.73. The Labute approximate surface area is 110 Å². The highest BCUT2D eigenvalue weighted by molar-refractivity contribution is 5.89. The molecule has 0 radical (unpaired) electrons. The number of para-hydroxylation sites is 1. The second kappa shape index (κ2) is 4.80. The molecule has 20 heavy (non-hydrogen) atoms. The number of aromatic nitrogens is 2. The van der Waals surface area contributed by atoms with Crippen molar-refractivity contribution < 1.29 is 19.9 Å². The predicted molar refractivity (Wildman–Crippen MR) is 65.6 cm³/mol. The Morgan fingerprint density at radius 3 is 2.60 bits per heavy atom. The van der Waals surface area contributed by atoms with E-state index in [1.807, 2.05) is 0 Å². The van der Waals surface area contributed by atoms with Gasteiger partial charge in [0, 0.05) is 6.07 Å². The van der Waals surface area contributed by atoms with Crippen LogP contribution in [0.25, 0.3) is 11.4 Å². The van der Waals surface area contributed by atoms with Gasteiger partial charge in [0.15, 0.2) is 5.69 Å². The lowest BCUT2D eigenvalue weighted by Crippen LogP contribution is -2.15. The molecule has 0 saturated heterocycles. The Morgan fingerprint density at radius 2 is 2.00 bits per heavy atom. The van der Waals surface area contributed by atoms with Crippen LogP contribution in [0, 0.1) is 10.1 Å². The summed E-state index contributed by atoms with van der Waals surface area (Å²) in [6.45, 7) is 0. The summed E-state index contributed by atoms with van der Waals surface area (Å²) in [5, 5.41) is 29.0. The SMILES string of the molecule is O=C(O)c1nc(-c2ccccc2[N+](=O)[O-])[nH]c(=O)c1O. The van der Waals surface area contributed by atoms with Crippen molar-refractivity contribution >= 4 is 11.7 Å². The number of carboxylic acids is 1. The highest BCUT2D eigenvalue weighted by Crippen LogP contribution is 2.26. The van der Waals surface area contributed by atoms with Gasteiger partial charge < -0.3 is 15.2 Å². The number of aromatic carboxylic acids is 1. The number of carbonyl (C=O) groups is 1. The van der Waals surface area contributed by atoms with E-state index in [1.165, 1.54) is 24.3 Å². The van der Waals surface area contributed by atoms with Gasteiger partial charge in [-0.05, 0) is 6.07 Å². The van der Waals surface area contributed by atoms with Crippen molar-refractivity contribution in [3.63, 3.8) is 0 Å². The summed E-state index contributed by atoms with van der Waals surface area (Å²) < 4.78 is 0. The molecule has 1 heterocycles. The number of nitrogens with one attached hydrogen (secondary N) is 1. The second-order valence-corrected chi connectivity index (χ2v) is 3.69. The molecule has 0 saturated carbocycles. The number of carboxylic acid groups (broad SMARTS) is 1. The smallest absolute Gasteiger partial charge is 0.358 e. The summed E-state index contributed by atoms with van der Waals surface area (Å²) in [6.07, 6.45) is 0. The lowest BCUT2D eigenvalue weighted by Gasteiger charge is -2.04. The van der Waals surface area contributed by atoms with Crippen molar-refractivity contribution in [1.82, 2.24) is 9.97 Å². The molecular weight excluding hydrogens is 270 g/mol. The van der Waals surface area contributed by atoms with Gasteiger partial charge in [-0.25, -0.2) is 9.78 Å². The van der Waals surface area contributed by atoms with Gasteiger partial charge >= 0.3 is 5.97 Å². The molecule has 0 spiro atoms. The summed E-state index contributed by atoms with van der Waals surface area (Å²) in [6, 6.07) is 5.37. The van der Waals surface area contributed by atoms with Gasteiger partial charge in [-0.2, -0.15) is 0 Å². The molecule has 0 bridgehead atoms. The number of hydrogen-bond donors (Lipinski definition) is 3. The number of aromatic amines is 1. The molecule has 0 aliphatic heterocycles. The molecule has 0 amide bonds. The number of nitro groups is 1. The maximum absolute atomic E-state index is 11.4. The first-order chi connectivity index (χ1) is 9.41. The zero-order chi connectivity index (χ0) is 14.9. The lowest BCUT2D eigenvalue weighted by atomic mass is 10.1. The topological polar surface area (TPSA) is 146 Å². The van der Waals surface area contributed by atoms with Crippen molar-refractivity contribution in [3.05, 3.63) is 50.4 Å². The van der Waals surface area contributed by atoms with Gasteiger partial charge in [0.25, 0.3) is 11.2 Å². The number of aromatic hydroxyl groups is 1. The van der Waals surface area contributed by atoms with Gasteiger partial charge in [-0.15, -0.1) is 0 Å². The van der Waals surface area contributed by atoms with Crippen LogP contribution in [0.2, 0.25) is 0 Å². The summed E-state index contributed by atoms with van der Waals surface area (Å²) in [7, 11) is 0. The lowest BCUT2D eigenvalue weighted by molar-refractivity contribution is -0.384. The minimum absolute atomic E-state index is 0.0582. The fourth-order valence-corrected chi connectivity index (χ4v) is 1.58. The number of hydrogen-bond acceptors (Lipinski definition) is 6. The normalized spacial score (nSPS) is 10.2. The van der Waals surface area contributed by atoms with E-state index in [0.717, 1.165) is 0 Å². The van der Waals surface area contributed by atoms with Crippen molar-refractivity contribution in [2.45, 2.75) is 0 Å². The summed E-state index contributed by atoms with van der Waals surface area (Å²) in [5.41, 5.74) is -2.37. The first-order valence-electron chi connectivity index (χ1n) is 5.22. The van der Waals surface area contributed by atoms with Gasteiger partial charge in [0.1, 0.15) is 5.82 Å². The van der Waals surface area contributed by atoms with Crippen LogP contribution in [0.4, 0.5) is 5.69 Å². The summed E-state index contributed by atoms with van der Waals surface area (Å²) in [5.74, 6) is -2.98. The second-order valence-electron chi connectivity index (χ2n) is 3.69. The van der Waals surface area contributed by atoms with Crippen LogP contribution < -0.4 is 5.56 Å². The van der Waals surface area contributed by atoms with E-state index in [4.69, 9.17) is 5.11 Å². The van der Waals surface area contributed by atoms with Crippen molar-refractivity contribution in [1.29, 1.82) is 0 Å². The molecule has 1 aromatic carbocycles. The standard InChI is InChI=1S/C11H7N3O6/c15-8-7(11(17)18)12-9(13-10(8)16)5-3-1-2-4-6(5)14(19)20/h1-4,15H,(H,17,18)(H,12,13,16). The highest BCUT2D eigenvalue weighted by Gasteiger charge is 2.21. The first kappa shape index (κ1) is 13.2. The van der Waals surface area contributed by atoms with Gasteiger partial charge in [0.05, 0.1) is 10.5 Å². The van der Waals surface area contributed by atoms with Crippen LogP contribution in [-0.4, -0.2) is 31.1 Å². The molecule has 0 atom stereocenters. The van der Waals surface area contributed by atoms with E-state index in [2.05, 4.69) is 9.97 Å². The van der Waals surface area contributed by atoms with E-state index in [9.17, 15) is 24.8 Å². The predicted octanol–water partition coefficient (Wildman–Crippen LogP) is 0.749. The summed E-state index contributed by atoms with van der Waals surface area (Å²) >= 11 is 0. The number of benzene rings is 1. The number of H-pyrrole nitrogens is 1. The summed E-state index contributed by atoms with van der Waals surface area (Å²) in [4.78, 5) is 38.1. The minimum atomic E-state index is -1.62. The average molecular weight is 277 g/mol. The van der Waals surface area contributed by atoms with E-state index in [-0.39, 0.29) is 17.1 Å². The fraction of sp³-hybridized carbons (Fsp3) is 0. The van der Waals surface area contributed by atoms with Gasteiger partial charge in [-0.1, -0.05) is 12.1 Å². The number of rotatable bonds is 3. The molecule has 9 heteroatoms. The van der Waals surface area contributed by atoms with Crippen LogP contribution in [-0.2, 0) is 0 Å². The molecular formula is C11H7N3O6. The third-order valence-corrected chi connectivity index (χ3v) is 2.45. The largest absolute Gasteiger partial charge is 0.501 e. The van der Waals surface area contributed by atoms with E-state index < -0.39 is 27.9 Å². The van der Waals surface area contributed by atoms with E-state index >= 15 is 0 Å². The van der Waals surface area contributed by atoms with E-state index in [0.29, 0.717) is 0 Å². The molecule has 3 N–H and O–H groups in total. The molecule has 9 nitrogen and oxygen atoms in total. The first-order valence-corrected chi connectivity index (χ1v) is 5.22. The fourth-order valence-electron chi connectivity index (χ4n) is 1.58. The Balaban J connectivity index is 2.75.